The first kappa shape index (κ1) is 9.19. The maximum absolute atomic E-state index is 9.35. The molecule has 1 aromatic rings. The van der Waals surface area contributed by atoms with Gasteiger partial charge in [-0.05, 0) is 11.6 Å². The SMILES string of the molecule is COc1cc(N)c(CBr)cc1O. The van der Waals surface area contributed by atoms with Gasteiger partial charge in [-0.1, -0.05) is 15.9 Å². The first-order valence-electron chi connectivity index (χ1n) is 3.40. The number of methoxy groups -OCH3 is 1. The molecule has 0 saturated carbocycles. The van der Waals surface area contributed by atoms with Crippen molar-refractivity contribution in [2.75, 3.05) is 12.8 Å². The first-order chi connectivity index (χ1) is 5.69. The highest BCUT2D eigenvalue weighted by Gasteiger charge is 2.05. The van der Waals surface area contributed by atoms with Crippen LogP contribution in [-0.2, 0) is 5.33 Å². The van der Waals surface area contributed by atoms with E-state index in [1.807, 2.05) is 0 Å². The lowest BCUT2D eigenvalue weighted by Crippen LogP contribution is -1.93. The molecule has 3 nitrogen and oxygen atoms in total. The standard InChI is InChI=1S/C8H10BrNO2/c1-12-8-3-6(10)5(4-9)2-7(8)11/h2-3,11H,4,10H2,1H3. The van der Waals surface area contributed by atoms with Crippen molar-refractivity contribution in [2.24, 2.45) is 0 Å². The predicted octanol–water partition coefficient (Wildman–Crippen LogP) is 1.88. The summed E-state index contributed by atoms with van der Waals surface area (Å²) in [6.07, 6.45) is 0. The van der Waals surface area contributed by atoms with Gasteiger partial charge in [0, 0.05) is 17.1 Å². The third kappa shape index (κ3) is 1.64. The Morgan fingerprint density at radius 3 is 2.75 bits per heavy atom. The number of nitrogen functional groups attached to an aromatic ring is 1. The van der Waals surface area contributed by atoms with Gasteiger partial charge in [-0.2, -0.15) is 0 Å². The molecule has 0 saturated heterocycles. The van der Waals surface area contributed by atoms with Crippen molar-refractivity contribution in [1.82, 2.24) is 0 Å². The monoisotopic (exact) mass is 231 g/mol. The van der Waals surface area contributed by atoms with E-state index in [-0.39, 0.29) is 5.75 Å². The summed E-state index contributed by atoms with van der Waals surface area (Å²) in [5.74, 6) is 0.512. The van der Waals surface area contributed by atoms with Crippen molar-refractivity contribution in [1.29, 1.82) is 0 Å². The van der Waals surface area contributed by atoms with Crippen LogP contribution < -0.4 is 10.5 Å². The number of benzene rings is 1. The summed E-state index contributed by atoms with van der Waals surface area (Å²) in [5, 5.41) is 9.97. The van der Waals surface area contributed by atoms with Crippen molar-refractivity contribution in [3.05, 3.63) is 17.7 Å². The molecule has 1 aromatic carbocycles. The van der Waals surface area contributed by atoms with Crippen LogP contribution in [0.2, 0.25) is 0 Å². The third-order valence-electron chi connectivity index (χ3n) is 1.58. The summed E-state index contributed by atoms with van der Waals surface area (Å²) in [6.45, 7) is 0. The molecule has 66 valence electrons. The Bertz CT molecular complexity index is 259. The van der Waals surface area contributed by atoms with Gasteiger partial charge in [-0.15, -0.1) is 0 Å². The van der Waals surface area contributed by atoms with Gasteiger partial charge in [0.25, 0.3) is 0 Å². The van der Waals surface area contributed by atoms with Gasteiger partial charge in [0.1, 0.15) is 0 Å². The average Bonchev–Trinajstić information content (AvgIpc) is 2.08. The molecule has 12 heavy (non-hydrogen) atoms. The molecule has 1 rings (SSSR count). The maximum Gasteiger partial charge on any atom is 0.162 e. The van der Waals surface area contributed by atoms with Gasteiger partial charge in [0.15, 0.2) is 11.5 Å². The molecular weight excluding hydrogens is 222 g/mol. The maximum atomic E-state index is 9.35. The number of phenolic OH excluding ortho intramolecular Hbond substituents is 1. The number of halogens is 1. The van der Waals surface area contributed by atoms with Crippen molar-refractivity contribution < 1.29 is 9.84 Å². The minimum atomic E-state index is 0.112. The van der Waals surface area contributed by atoms with Crippen molar-refractivity contribution in [3.8, 4) is 11.5 Å². The number of aromatic hydroxyl groups is 1. The van der Waals surface area contributed by atoms with E-state index in [1.165, 1.54) is 7.11 Å². The van der Waals surface area contributed by atoms with E-state index in [2.05, 4.69) is 15.9 Å². The summed E-state index contributed by atoms with van der Waals surface area (Å²) in [7, 11) is 1.49. The molecule has 0 aliphatic carbocycles. The second kappa shape index (κ2) is 3.67. The fourth-order valence-electron chi connectivity index (χ4n) is 0.907. The Labute approximate surface area is 79.3 Å². The Morgan fingerprint density at radius 1 is 1.58 bits per heavy atom. The summed E-state index contributed by atoms with van der Waals surface area (Å²) < 4.78 is 4.88. The van der Waals surface area contributed by atoms with Gasteiger partial charge >= 0.3 is 0 Å². The van der Waals surface area contributed by atoms with Crippen LogP contribution in [0, 0.1) is 0 Å². The minimum absolute atomic E-state index is 0.112. The van der Waals surface area contributed by atoms with Crippen LogP contribution in [0.5, 0.6) is 11.5 Å². The van der Waals surface area contributed by atoms with Crippen LogP contribution in [0.3, 0.4) is 0 Å². The average molecular weight is 232 g/mol. The number of phenols is 1. The number of alkyl halides is 1. The van der Waals surface area contributed by atoms with Crippen molar-refractivity contribution >= 4 is 21.6 Å². The van der Waals surface area contributed by atoms with Crippen LogP contribution in [0.25, 0.3) is 0 Å². The number of hydrogen-bond donors (Lipinski definition) is 2. The van der Waals surface area contributed by atoms with E-state index in [1.54, 1.807) is 12.1 Å². The molecule has 0 unspecified atom stereocenters. The molecule has 0 spiro atoms. The van der Waals surface area contributed by atoms with E-state index in [0.717, 1.165) is 5.56 Å². The summed E-state index contributed by atoms with van der Waals surface area (Å²) >= 11 is 3.26. The van der Waals surface area contributed by atoms with Gasteiger partial charge < -0.3 is 15.6 Å². The Hall–Kier alpha value is -0.900. The molecule has 0 fully saturated rings. The van der Waals surface area contributed by atoms with E-state index in [4.69, 9.17) is 10.5 Å². The molecule has 3 N–H and O–H groups in total. The highest BCUT2D eigenvalue weighted by Crippen LogP contribution is 2.31. The van der Waals surface area contributed by atoms with Crippen LogP contribution in [0.1, 0.15) is 5.56 Å². The van der Waals surface area contributed by atoms with Gasteiger partial charge in [-0.25, -0.2) is 0 Å². The Kier molecular flexibility index (Phi) is 2.81. The molecule has 0 aliphatic heterocycles. The number of nitrogens with two attached hydrogens (primary N) is 1. The molecule has 0 aromatic heterocycles. The smallest absolute Gasteiger partial charge is 0.162 e. The zero-order valence-corrected chi connectivity index (χ0v) is 8.26. The molecule has 0 aliphatic rings. The lowest BCUT2D eigenvalue weighted by Gasteiger charge is -2.07. The number of ether oxygens (including phenoxy) is 1. The molecule has 0 amide bonds. The molecule has 0 atom stereocenters. The van der Waals surface area contributed by atoms with E-state index in [9.17, 15) is 5.11 Å². The topological polar surface area (TPSA) is 55.5 Å². The molecule has 4 heteroatoms. The molecule has 0 bridgehead atoms. The minimum Gasteiger partial charge on any atom is -0.504 e. The first-order valence-corrected chi connectivity index (χ1v) is 4.52. The van der Waals surface area contributed by atoms with E-state index < -0.39 is 0 Å². The van der Waals surface area contributed by atoms with Crippen molar-refractivity contribution in [3.63, 3.8) is 0 Å². The Morgan fingerprint density at radius 2 is 2.25 bits per heavy atom. The second-order valence-corrected chi connectivity index (χ2v) is 2.92. The van der Waals surface area contributed by atoms with Crippen molar-refractivity contribution in [2.45, 2.75) is 5.33 Å². The molecule has 0 heterocycles. The second-order valence-electron chi connectivity index (χ2n) is 2.36. The normalized spacial score (nSPS) is 9.83. The van der Waals surface area contributed by atoms with Crippen LogP contribution >= 0.6 is 15.9 Å². The Balaban J connectivity index is 3.16. The van der Waals surface area contributed by atoms with Gasteiger partial charge in [0.05, 0.1) is 7.11 Å². The van der Waals surface area contributed by atoms with Crippen LogP contribution in [-0.4, -0.2) is 12.2 Å². The zero-order valence-electron chi connectivity index (χ0n) is 6.67. The largest absolute Gasteiger partial charge is 0.504 e. The van der Waals surface area contributed by atoms with E-state index in [0.29, 0.717) is 16.8 Å². The highest BCUT2D eigenvalue weighted by molar-refractivity contribution is 9.08. The quantitative estimate of drug-likeness (QED) is 0.465. The summed E-state index contributed by atoms with van der Waals surface area (Å²) in [4.78, 5) is 0. The summed E-state index contributed by atoms with van der Waals surface area (Å²) in [6, 6.07) is 3.19. The lowest BCUT2D eigenvalue weighted by atomic mass is 10.2. The van der Waals surface area contributed by atoms with Gasteiger partial charge in [-0.3, -0.25) is 0 Å². The van der Waals surface area contributed by atoms with E-state index >= 15 is 0 Å². The number of rotatable bonds is 2. The van der Waals surface area contributed by atoms with Crippen LogP contribution in [0.4, 0.5) is 5.69 Å². The fraction of sp³-hybridized carbons (Fsp3) is 0.250. The number of hydrogen-bond acceptors (Lipinski definition) is 3. The predicted molar refractivity (Wildman–Crippen MR) is 51.7 cm³/mol. The molecule has 0 radical (unpaired) electrons. The number of anilines is 1. The molecular formula is C8H10BrNO2. The zero-order chi connectivity index (χ0) is 9.14. The third-order valence-corrected chi connectivity index (χ3v) is 2.19. The van der Waals surface area contributed by atoms with Gasteiger partial charge in [0.2, 0.25) is 0 Å². The highest BCUT2D eigenvalue weighted by atomic mass is 79.9. The van der Waals surface area contributed by atoms with Crippen LogP contribution in [0.15, 0.2) is 12.1 Å². The fourth-order valence-corrected chi connectivity index (χ4v) is 1.39. The lowest BCUT2D eigenvalue weighted by molar-refractivity contribution is 0.373. The summed E-state index contributed by atoms with van der Waals surface area (Å²) in [5.41, 5.74) is 7.12.